The maximum Gasteiger partial charge on any atom is 0.127 e. The van der Waals surface area contributed by atoms with Crippen LogP contribution in [0.25, 0.3) is 32.1 Å². The van der Waals surface area contributed by atoms with Gasteiger partial charge in [0.2, 0.25) is 0 Å². The smallest absolute Gasteiger partial charge is 0.127 e. The Bertz CT molecular complexity index is 1160. The van der Waals surface area contributed by atoms with Crippen molar-refractivity contribution in [2.75, 3.05) is 13.7 Å². The van der Waals surface area contributed by atoms with Crippen LogP contribution in [-0.2, 0) is 5.41 Å². The van der Waals surface area contributed by atoms with Crippen LogP contribution in [0.3, 0.4) is 0 Å². The zero-order chi connectivity index (χ0) is 18.6. The number of hydrogen-bond donors (Lipinski definition) is 1. The van der Waals surface area contributed by atoms with Gasteiger partial charge in [-0.3, -0.25) is 4.98 Å². The second kappa shape index (κ2) is 6.04. The average molecular weight is 375 g/mol. The lowest BCUT2D eigenvalue weighted by molar-refractivity contribution is 0.416. The molecule has 27 heavy (non-hydrogen) atoms. The minimum Gasteiger partial charge on any atom is -0.496 e. The first-order chi connectivity index (χ1) is 13.2. The van der Waals surface area contributed by atoms with Crippen LogP contribution in [0, 0.1) is 6.92 Å². The molecule has 3 nitrogen and oxygen atoms in total. The normalized spacial score (nSPS) is 15.4. The minimum atomic E-state index is 0.208. The van der Waals surface area contributed by atoms with Gasteiger partial charge in [0, 0.05) is 34.5 Å². The molecule has 4 heteroatoms. The van der Waals surface area contributed by atoms with Crippen molar-refractivity contribution in [3.63, 3.8) is 0 Å². The third-order valence-corrected chi connectivity index (χ3v) is 6.83. The molecule has 1 saturated carbocycles. The van der Waals surface area contributed by atoms with Gasteiger partial charge in [-0.1, -0.05) is 24.3 Å². The molecule has 0 radical (unpaired) electrons. The average Bonchev–Trinajstić information content (AvgIpc) is 3.36. The quantitative estimate of drug-likeness (QED) is 0.518. The molecular weight excluding hydrogens is 352 g/mol. The molecule has 0 spiro atoms. The van der Waals surface area contributed by atoms with Crippen molar-refractivity contribution in [2.24, 2.45) is 5.73 Å². The second-order valence-corrected chi connectivity index (χ2v) is 8.46. The van der Waals surface area contributed by atoms with Gasteiger partial charge in [0.1, 0.15) is 5.75 Å². The summed E-state index contributed by atoms with van der Waals surface area (Å²) in [6.07, 6.45) is 4.37. The van der Waals surface area contributed by atoms with E-state index >= 15 is 0 Å². The molecule has 0 unspecified atom stereocenters. The number of fused-ring (bicyclic) bond motifs is 3. The summed E-state index contributed by atoms with van der Waals surface area (Å²) in [5.74, 6) is 0.896. The molecule has 136 valence electrons. The summed E-state index contributed by atoms with van der Waals surface area (Å²) in [5, 5.41) is 4.55. The highest BCUT2D eigenvalue weighted by Gasteiger charge is 2.42. The minimum absolute atomic E-state index is 0.208. The SMILES string of the molecule is COc1cc(C)c2ncc3sccc3c2c1-c1ccc(C2(CN)CC2)cc1. The van der Waals surface area contributed by atoms with Crippen LogP contribution in [0.5, 0.6) is 5.75 Å². The molecular formula is C23H22N2OS. The van der Waals surface area contributed by atoms with E-state index in [1.165, 1.54) is 33.9 Å². The van der Waals surface area contributed by atoms with Crippen molar-refractivity contribution >= 4 is 32.3 Å². The maximum absolute atomic E-state index is 6.01. The lowest BCUT2D eigenvalue weighted by atomic mass is 9.91. The molecule has 0 saturated heterocycles. The predicted molar refractivity (Wildman–Crippen MR) is 114 cm³/mol. The Morgan fingerprint density at radius 1 is 1.19 bits per heavy atom. The van der Waals surface area contributed by atoms with E-state index in [0.29, 0.717) is 0 Å². The summed E-state index contributed by atoms with van der Waals surface area (Å²) in [6, 6.07) is 13.2. The largest absolute Gasteiger partial charge is 0.496 e. The van der Waals surface area contributed by atoms with Gasteiger partial charge in [0.25, 0.3) is 0 Å². The van der Waals surface area contributed by atoms with Crippen molar-refractivity contribution in [3.8, 4) is 16.9 Å². The van der Waals surface area contributed by atoms with E-state index in [1.807, 2.05) is 6.20 Å². The van der Waals surface area contributed by atoms with E-state index < -0.39 is 0 Å². The Morgan fingerprint density at radius 3 is 2.63 bits per heavy atom. The van der Waals surface area contributed by atoms with Crippen LogP contribution < -0.4 is 10.5 Å². The number of aryl methyl sites for hydroxylation is 1. The van der Waals surface area contributed by atoms with Gasteiger partial charge >= 0.3 is 0 Å². The summed E-state index contributed by atoms with van der Waals surface area (Å²) in [6.45, 7) is 2.82. The summed E-state index contributed by atoms with van der Waals surface area (Å²) in [5.41, 5.74) is 12.0. The number of thiophene rings is 1. The van der Waals surface area contributed by atoms with Crippen molar-refractivity contribution in [1.82, 2.24) is 4.98 Å². The fourth-order valence-electron chi connectivity index (χ4n) is 4.15. The molecule has 2 aromatic heterocycles. The Hall–Kier alpha value is -2.43. The molecule has 0 aliphatic heterocycles. The van der Waals surface area contributed by atoms with Crippen LogP contribution in [-0.4, -0.2) is 18.6 Å². The van der Waals surface area contributed by atoms with Crippen LogP contribution >= 0.6 is 11.3 Å². The van der Waals surface area contributed by atoms with E-state index in [4.69, 9.17) is 15.5 Å². The molecule has 0 bridgehead atoms. The number of methoxy groups -OCH3 is 1. The van der Waals surface area contributed by atoms with Crippen LogP contribution in [0.1, 0.15) is 24.0 Å². The first-order valence-electron chi connectivity index (χ1n) is 9.31. The molecule has 5 rings (SSSR count). The third kappa shape index (κ3) is 2.47. The van der Waals surface area contributed by atoms with Crippen molar-refractivity contribution < 1.29 is 4.74 Å². The van der Waals surface area contributed by atoms with E-state index in [-0.39, 0.29) is 5.41 Å². The molecule has 0 atom stereocenters. The molecule has 2 aromatic carbocycles. The van der Waals surface area contributed by atoms with Gasteiger partial charge in [-0.15, -0.1) is 11.3 Å². The maximum atomic E-state index is 6.01. The highest BCUT2D eigenvalue weighted by atomic mass is 32.1. The van der Waals surface area contributed by atoms with Gasteiger partial charge in [-0.25, -0.2) is 0 Å². The Balaban J connectivity index is 1.79. The van der Waals surface area contributed by atoms with E-state index in [1.54, 1.807) is 18.4 Å². The van der Waals surface area contributed by atoms with Gasteiger partial charge in [-0.2, -0.15) is 0 Å². The first-order valence-corrected chi connectivity index (χ1v) is 10.2. The molecule has 4 aromatic rings. The fraction of sp³-hybridized carbons (Fsp3) is 0.261. The summed E-state index contributed by atoms with van der Waals surface area (Å²) in [7, 11) is 1.74. The number of nitrogens with two attached hydrogens (primary N) is 1. The van der Waals surface area contributed by atoms with E-state index in [0.717, 1.165) is 34.5 Å². The third-order valence-electron chi connectivity index (χ3n) is 5.98. The number of ether oxygens (including phenoxy) is 1. The lowest BCUT2D eigenvalue weighted by Gasteiger charge is -2.17. The Kier molecular flexibility index (Phi) is 3.74. The highest BCUT2D eigenvalue weighted by Crippen LogP contribution is 2.48. The highest BCUT2D eigenvalue weighted by molar-refractivity contribution is 7.17. The zero-order valence-electron chi connectivity index (χ0n) is 15.6. The van der Waals surface area contributed by atoms with Crippen LogP contribution in [0.2, 0.25) is 0 Å². The number of pyridine rings is 1. The topological polar surface area (TPSA) is 48.1 Å². The standard InChI is InChI=1S/C23H22N2OS/c1-14-11-18(26-2)20(21-17-7-10-27-19(17)12-25-22(14)21)15-3-5-16(6-4-15)23(13-24)8-9-23/h3-7,10-12H,8-9,13,24H2,1-2H3. The number of benzene rings is 2. The van der Waals surface area contributed by atoms with E-state index in [2.05, 4.69) is 48.7 Å². The summed E-state index contributed by atoms with van der Waals surface area (Å²) >= 11 is 1.73. The lowest BCUT2D eigenvalue weighted by Crippen LogP contribution is -2.19. The Morgan fingerprint density at radius 2 is 1.96 bits per heavy atom. The predicted octanol–water partition coefficient (Wildman–Crippen LogP) is 5.42. The van der Waals surface area contributed by atoms with Crippen LogP contribution in [0.4, 0.5) is 0 Å². The number of nitrogens with zero attached hydrogens (tertiary/aromatic N) is 1. The van der Waals surface area contributed by atoms with Gasteiger partial charge in [0.15, 0.2) is 0 Å². The molecule has 1 aliphatic rings. The molecule has 1 aliphatic carbocycles. The molecule has 2 heterocycles. The van der Waals surface area contributed by atoms with Gasteiger partial charge < -0.3 is 10.5 Å². The second-order valence-electron chi connectivity index (χ2n) is 7.51. The summed E-state index contributed by atoms with van der Waals surface area (Å²) in [4.78, 5) is 4.76. The molecule has 1 fully saturated rings. The molecule has 0 amide bonds. The van der Waals surface area contributed by atoms with Gasteiger partial charge in [-0.05, 0) is 54.0 Å². The van der Waals surface area contributed by atoms with Crippen molar-refractivity contribution in [3.05, 3.63) is 59.1 Å². The van der Waals surface area contributed by atoms with Gasteiger partial charge in [0.05, 0.1) is 17.3 Å². The molecule has 2 N–H and O–H groups in total. The first kappa shape index (κ1) is 16.7. The van der Waals surface area contributed by atoms with E-state index in [9.17, 15) is 0 Å². The summed E-state index contributed by atoms with van der Waals surface area (Å²) < 4.78 is 7.00. The number of rotatable bonds is 4. The van der Waals surface area contributed by atoms with Crippen molar-refractivity contribution in [1.29, 1.82) is 0 Å². The monoisotopic (exact) mass is 374 g/mol. The Labute approximate surface area is 162 Å². The van der Waals surface area contributed by atoms with Crippen LogP contribution in [0.15, 0.2) is 48.0 Å². The fourth-order valence-corrected chi connectivity index (χ4v) is 4.92. The number of hydrogen-bond acceptors (Lipinski definition) is 4. The number of aromatic nitrogens is 1. The van der Waals surface area contributed by atoms with Crippen molar-refractivity contribution in [2.45, 2.75) is 25.2 Å². The zero-order valence-corrected chi connectivity index (χ0v) is 16.4.